The second-order valence-electron chi connectivity index (χ2n) is 15.4. The molecule has 13 heteroatoms. The van der Waals surface area contributed by atoms with Crippen LogP contribution in [0, 0.1) is 17.8 Å². The van der Waals surface area contributed by atoms with Gasteiger partial charge in [-0.15, -0.1) is 0 Å². The molecule has 3 aliphatic rings. The summed E-state index contributed by atoms with van der Waals surface area (Å²) < 4.78 is 19.4. The van der Waals surface area contributed by atoms with Crippen molar-refractivity contribution in [2.45, 2.75) is 97.6 Å². The molecule has 278 valence electrons. The van der Waals surface area contributed by atoms with Crippen LogP contribution in [-0.2, 0) is 17.6 Å². The van der Waals surface area contributed by atoms with E-state index in [0.717, 1.165) is 12.1 Å². The van der Waals surface area contributed by atoms with Gasteiger partial charge in [-0.05, 0) is 17.8 Å². The number of fused-ring (bicyclic) bond motifs is 4. The second-order valence-corrected chi connectivity index (χ2v) is 15.4. The molecule has 3 atom stereocenters. The number of phenols is 7. The number of phenolic OH excluding ortho intramolecular Hbond substituents is 7. The second kappa shape index (κ2) is 12.8. The maximum Gasteiger partial charge on any atom is 0.226 e. The molecule has 3 aromatic carbocycles. The standard InChI is InChI=1S/C39H44O13/c1-16(2)7-23(41)32-27(45)10-22(40)19(35(32)48)14-39-21(31-26(44)11-28(46)34(37(31)51-39)25(43)9-18(5)6)15-38(52-39)13-20-30(50-38)12-29(47)33(36(20)49)24(42)8-17(3)4/h10-12,16-18,21,40,44-49H,7-9,13-15H2,1-6H3. The maximum atomic E-state index is 13.5. The Bertz CT molecular complexity index is 2010. The molecule has 0 aliphatic carbocycles. The van der Waals surface area contributed by atoms with Gasteiger partial charge in [0.1, 0.15) is 68.4 Å². The lowest BCUT2D eigenvalue weighted by atomic mass is 9.83. The van der Waals surface area contributed by atoms with Gasteiger partial charge in [-0.1, -0.05) is 41.5 Å². The number of ketones is 3. The van der Waals surface area contributed by atoms with Crippen molar-refractivity contribution >= 4 is 17.3 Å². The van der Waals surface area contributed by atoms with Gasteiger partial charge in [0, 0.05) is 73.4 Å². The van der Waals surface area contributed by atoms with Gasteiger partial charge in [-0.2, -0.15) is 0 Å². The van der Waals surface area contributed by atoms with Crippen LogP contribution in [0.2, 0.25) is 0 Å². The third-order valence-electron chi connectivity index (χ3n) is 9.79. The van der Waals surface area contributed by atoms with Crippen molar-refractivity contribution in [3.63, 3.8) is 0 Å². The molecule has 3 aliphatic heterocycles. The van der Waals surface area contributed by atoms with Gasteiger partial charge in [0.25, 0.3) is 0 Å². The van der Waals surface area contributed by atoms with Crippen LogP contribution in [-0.4, -0.2) is 64.7 Å². The lowest BCUT2D eigenvalue weighted by molar-refractivity contribution is -0.257. The molecule has 52 heavy (non-hydrogen) atoms. The molecule has 6 rings (SSSR count). The molecular weight excluding hydrogens is 676 g/mol. The molecule has 0 bridgehead atoms. The van der Waals surface area contributed by atoms with Gasteiger partial charge in [0.05, 0.1) is 5.92 Å². The van der Waals surface area contributed by atoms with Gasteiger partial charge in [0.2, 0.25) is 11.6 Å². The first-order chi connectivity index (χ1) is 24.3. The first-order valence-electron chi connectivity index (χ1n) is 17.4. The van der Waals surface area contributed by atoms with Crippen LogP contribution in [0.1, 0.15) is 121 Å². The minimum absolute atomic E-state index is 0.0195. The summed E-state index contributed by atoms with van der Waals surface area (Å²) in [6, 6.07) is 3.15. The van der Waals surface area contributed by atoms with E-state index >= 15 is 0 Å². The van der Waals surface area contributed by atoms with Crippen molar-refractivity contribution in [1.29, 1.82) is 0 Å². The molecule has 3 aromatic rings. The summed E-state index contributed by atoms with van der Waals surface area (Å²) in [5.74, 6) is -10.6. The molecule has 13 nitrogen and oxygen atoms in total. The molecule has 0 aromatic heterocycles. The van der Waals surface area contributed by atoms with Gasteiger partial charge in [-0.25, -0.2) is 0 Å². The van der Waals surface area contributed by atoms with Crippen molar-refractivity contribution in [2.24, 2.45) is 17.8 Å². The highest BCUT2D eigenvalue weighted by molar-refractivity contribution is 6.03. The number of benzene rings is 3. The van der Waals surface area contributed by atoms with Crippen molar-refractivity contribution in [3.8, 4) is 51.7 Å². The van der Waals surface area contributed by atoms with E-state index in [1.54, 1.807) is 13.8 Å². The Balaban J connectivity index is 1.50. The molecule has 1 spiro atoms. The Kier molecular flexibility index (Phi) is 9.01. The first kappa shape index (κ1) is 36.6. The first-order valence-corrected chi connectivity index (χ1v) is 17.4. The Hall–Kier alpha value is -5.17. The number of carbonyl (C=O) groups excluding carboxylic acids is 3. The van der Waals surface area contributed by atoms with Gasteiger partial charge < -0.3 is 45.2 Å². The lowest BCUT2D eigenvalue weighted by Crippen LogP contribution is -2.44. The van der Waals surface area contributed by atoms with Crippen LogP contribution in [0.25, 0.3) is 0 Å². The molecule has 0 radical (unpaired) electrons. The lowest BCUT2D eigenvalue weighted by Gasteiger charge is -2.32. The topological polar surface area (TPSA) is 221 Å². The Morgan fingerprint density at radius 1 is 0.673 bits per heavy atom. The average molecular weight is 721 g/mol. The number of carbonyl (C=O) groups is 3. The monoisotopic (exact) mass is 720 g/mol. The van der Waals surface area contributed by atoms with Crippen LogP contribution < -0.4 is 9.47 Å². The van der Waals surface area contributed by atoms with Crippen molar-refractivity contribution in [3.05, 3.63) is 51.6 Å². The van der Waals surface area contributed by atoms with E-state index < -0.39 is 87.1 Å². The van der Waals surface area contributed by atoms with Gasteiger partial charge in [0.15, 0.2) is 17.3 Å². The van der Waals surface area contributed by atoms with Crippen LogP contribution in [0.4, 0.5) is 0 Å². The summed E-state index contributed by atoms with van der Waals surface area (Å²) in [6.45, 7) is 10.9. The van der Waals surface area contributed by atoms with E-state index in [-0.39, 0.29) is 89.2 Å². The summed E-state index contributed by atoms with van der Waals surface area (Å²) in [5, 5.41) is 77.5. The van der Waals surface area contributed by atoms with Gasteiger partial charge >= 0.3 is 0 Å². The predicted molar refractivity (Wildman–Crippen MR) is 185 cm³/mol. The van der Waals surface area contributed by atoms with Crippen LogP contribution in [0.15, 0.2) is 18.2 Å². The maximum absolute atomic E-state index is 13.5. The molecular formula is C39H44O13. The van der Waals surface area contributed by atoms with Crippen LogP contribution >= 0.6 is 0 Å². The largest absolute Gasteiger partial charge is 0.507 e. The quantitative estimate of drug-likeness (QED) is 0.106. The normalized spacial score (nSPS) is 21.4. The summed E-state index contributed by atoms with van der Waals surface area (Å²) >= 11 is 0. The zero-order chi connectivity index (χ0) is 38.2. The number of hydrogen-bond acceptors (Lipinski definition) is 13. The van der Waals surface area contributed by atoms with E-state index in [9.17, 15) is 50.1 Å². The smallest absolute Gasteiger partial charge is 0.226 e. The number of ether oxygens (including phenoxy) is 3. The molecule has 0 saturated carbocycles. The number of aromatic hydroxyl groups is 7. The molecule has 1 fully saturated rings. The zero-order valence-electron chi connectivity index (χ0n) is 29.9. The molecule has 1 saturated heterocycles. The third-order valence-corrected chi connectivity index (χ3v) is 9.79. The highest BCUT2D eigenvalue weighted by Crippen LogP contribution is 2.65. The summed E-state index contributed by atoms with van der Waals surface area (Å²) in [5.41, 5.74) is -0.895. The van der Waals surface area contributed by atoms with Gasteiger partial charge in [-0.3, -0.25) is 19.1 Å². The van der Waals surface area contributed by atoms with Crippen molar-refractivity contribution < 1.29 is 64.3 Å². The molecule has 0 amide bonds. The SMILES string of the molecule is CC(C)CC(=O)c1c(O)cc(O)c(CC23Oc4c(C(=O)CC(C)C)c(O)cc(O)c4C2CC2(Cc4c(cc(O)c(C(=O)CC(C)C)c4O)O2)O3)c1O. The summed E-state index contributed by atoms with van der Waals surface area (Å²) in [7, 11) is 0. The summed E-state index contributed by atoms with van der Waals surface area (Å²) in [6.07, 6.45) is -0.768. The molecule has 3 unspecified atom stereocenters. The Morgan fingerprint density at radius 2 is 1.17 bits per heavy atom. The van der Waals surface area contributed by atoms with E-state index in [4.69, 9.17) is 14.2 Å². The fraction of sp³-hybridized carbons (Fsp3) is 0.462. The predicted octanol–water partition coefficient (Wildman–Crippen LogP) is 6.48. The van der Waals surface area contributed by atoms with Crippen molar-refractivity contribution in [2.75, 3.05) is 0 Å². The fourth-order valence-corrected chi connectivity index (χ4v) is 7.72. The van der Waals surface area contributed by atoms with E-state index in [0.29, 0.717) is 0 Å². The minimum atomic E-state index is -2.00. The summed E-state index contributed by atoms with van der Waals surface area (Å²) in [4.78, 5) is 39.7. The highest BCUT2D eigenvalue weighted by Gasteiger charge is 2.67. The average Bonchev–Trinajstić information content (AvgIpc) is 3.59. The minimum Gasteiger partial charge on any atom is -0.507 e. The van der Waals surface area contributed by atoms with Crippen molar-refractivity contribution in [1.82, 2.24) is 0 Å². The van der Waals surface area contributed by atoms with E-state index in [2.05, 4.69) is 0 Å². The van der Waals surface area contributed by atoms with Crippen LogP contribution in [0.5, 0.6) is 51.7 Å². The molecule has 7 N–H and O–H groups in total. The molecule has 3 heterocycles. The zero-order valence-corrected chi connectivity index (χ0v) is 29.9. The number of rotatable bonds is 11. The fourth-order valence-electron chi connectivity index (χ4n) is 7.72. The van der Waals surface area contributed by atoms with Crippen LogP contribution in [0.3, 0.4) is 0 Å². The highest BCUT2D eigenvalue weighted by atomic mass is 16.8. The Morgan fingerprint density at radius 3 is 1.75 bits per heavy atom. The number of Topliss-reactive ketones (excluding diaryl/α,β-unsaturated/α-hetero) is 3. The Labute approximate surface area is 300 Å². The third kappa shape index (κ3) is 6.00. The van der Waals surface area contributed by atoms with E-state index in [1.807, 2.05) is 27.7 Å². The number of hydrogen-bond donors (Lipinski definition) is 7. The van der Waals surface area contributed by atoms with E-state index in [1.165, 1.54) is 6.07 Å².